The Hall–Kier alpha value is -2.14. The largest absolute Gasteiger partial charge is 0.454 e. The standard InChI is InChI=1S/C14H13FN2O2/c15-12-3-11(7-17-8-12)6-16-5-10-1-2-13-14(4-10)19-9-18-13/h1-4,7-8,16H,5-6,9H2. The molecule has 0 atom stereocenters. The second kappa shape index (κ2) is 5.24. The van der Waals surface area contributed by atoms with Gasteiger partial charge in [-0.3, -0.25) is 4.98 Å². The Kier molecular flexibility index (Phi) is 3.29. The molecular weight excluding hydrogens is 247 g/mol. The number of benzene rings is 1. The summed E-state index contributed by atoms with van der Waals surface area (Å²) in [5.41, 5.74) is 1.91. The van der Waals surface area contributed by atoms with Crippen molar-refractivity contribution in [3.63, 3.8) is 0 Å². The summed E-state index contributed by atoms with van der Waals surface area (Å²) >= 11 is 0. The number of halogens is 1. The van der Waals surface area contributed by atoms with Crippen molar-refractivity contribution in [2.75, 3.05) is 6.79 Å². The topological polar surface area (TPSA) is 43.4 Å². The summed E-state index contributed by atoms with van der Waals surface area (Å²) in [5.74, 6) is 1.23. The van der Waals surface area contributed by atoms with E-state index in [1.807, 2.05) is 18.2 Å². The molecule has 5 heteroatoms. The molecule has 0 unspecified atom stereocenters. The Morgan fingerprint density at radius 2 is 1.89 bits per heavy atom. The molecule has 98 valence electrons. The minimum atomic E-state index is -0.317. The molecule has 19 heavy (non-hydrogen) atoms. The summed E-state index contributed by atoms with van der Waals surface area (Å²) in [4.78, 5) is 3.81. The maximum Gasteiger partial charge on any atom is 0.231 e. The monoisotopic (exact) mass is 260 g/mol. The zero-order valence-corrected chi connectivity index (χ0v) is 10.2. The van der Waals surface area contributed by atoms with Gasteiger partial charge < -0.3 is 14.8 Å². The third-order valence-corrected chi connectivity index (χ3v) is 2.86. The zero-order valence-electron chi connectivity index (χ0n) is 10.2. The molecule has 0 radical (unpaired) electrons. The van der Waals surface area contributed by atoms with Crippen molar-refractivity contribution in [3.8, 4) is 11.5 Å². The number of aromatic nitrogens is 1. The first-order valence-corrected chi connectivity index (χ1v) is 6.00. The molecule has 0 aliphatic carbocycles. The van der Waals surface area contributed by atoms with E-state index < -0.39 is 0 Å². The van der Waals surface area contributed by atoms with Crippen LogP contribution >= 0.6 is 0 Å². The molecule has 1 aliphatic heterocycles. The van der Waals surface area contributed by atoms with Gasteiger partial charge in [-0.25, -0.2) is 4.39 Å². The first kappa shape index (κ1) is 11.9. The minimum Gasteiger partial charge on any atom is -0.454 e. The van der Waals surface area contributed by atoms with E-state index in [0.29, 0.717) is 13.1 Å². The number of nitrogens with one attached hydrogen (secondary N) is 1. The van der Waals surface area contributed by atoms with Gasteiger partial charge in [0, 0.05) is 19.3 Å². The normalized spacial score (nSPS) is 12.7. The van der Waals surface area contributed by atoms with Crippen LogP contribution in [0.4, 0.5) is 4.39 Å². The summed E-state index contributed by atoms with van der Waals surface area (Å²) in [6.45, 7) is 1.52. The van der Waals surface area contributed by atoms with Crippen LogP contribution in [-0.2, 0) is 13.1 Å². The first-order valence-electron chi connectivity index (χ1n) is 6.00. The van der Waals surface area contributed by atoms with Gasteiger partial charge in [0.2, 0.25) is 6.79 Å². The lowest BCUT2D eigenvalue weighted by molar-refractivity contribution is 0.174. The van der Waals surface area contributed by atoms with Crippen molar-refractivity contribution in [2.45, 2.75) is 13.1 Å². The van der Waals surface area contributed by atoms with Gasteiger partial charge in [-0.1, -0.05) is 6.07 Å². The van der Waals surface area contributed by atoms with Crippen molar-refractivity contribution < 1.29 is 13.9 Å². The predicted octanol–water partition coefficient (Wildman–Crippen LogP) is 2.24. The summed E-state index contributed by atoms with van der Waals surface area (Å²) in [6, 6.07) is 7.28. The van der Waals surface area contributed by atoms with Crippen LogP contribution in [0.25, 0.3) is 0 Å². The highest BCUT2D eigenvalue weighted by molar-refractivity contribution is 5.44. The molecule has 1 aliphatic rings. The minimum absolute atomic E-state index is 0.279. The maximum absolute atomic E-state index is 12.9. The van der Waals surface area contributed by atoms with E-state index in [1.54, 1.807) is 6.20 Å². The van der Waals surface area contributed by atoms with Crippen LogP contribution in [0, 0.1) is 5.82 Å². The summed E-state index contributed by atoms with van der Waals surface area (Å²) in [6.07, 6.45) is 2.84. The van der Waals surface area contributed by atoms with Gasteiger partial charge in [0.1, 0.15) is 5.82 Å². The molecule has 0 spiro atoms. The predicted molar refractivity (Wildman–Crippen MR) is 67.3 cm³/mol. The van der Waals surface area contributed by atoms with Crippen LogP contribution in [0.1, 0.15) is 11.1 Å². The number of fused-ring (bicyclic) bond motifs is 1. The lowest BCUT2D eigenvalue weighted by Gasteiger charge is -2.06. The molecule has 4 nitrogen and oxygen atoms in total. The maximum atomic E-state index is 12.9. The third kappa shape index (κ3) is 2.82. The average Bonchev–Trinajstić information content (AvgIpc) is 2.86. The van der Waals surface area contributed by atoms with E-state index in [0.717, 1.165) is 22.6 Å². The Bertz CT molecular complexity index is 589. The summed E-state index contributed by atoms with van der Waals surface area (Å²) in [7, 11) is 0. The molecule has 0 saturated carbocycles. The molecule has 2 aromatic rings. The quantitative estimate of drug-likeness (QED) is 0.915. The molecule has 2 heterocycles. The van der Waals surface area contributed by atoms with E-state index in [1.165, 1.54) is 12.3 Å². The number of pyridine rings is 1. The van der Waals surface area contributed by atoms with E-state index in [2.05, 4.69) is 10.3 Å². The fraction of sp³-hybridized carbons (Fsp3) is 0.214. The van der Waals surface area contributed by atoms with Crippen LogP contribution in [-0.4, -0.2) is 11.8 Å². The van der Waals surface area contributed by atoms with Crippen molar-refractivity contribution in [1.29, 1.82) is 0 Å². The number of rotatable bonds is 4. The van der Waals surface area contributed by atoms with Gasteiger partial charge in [0.25, 0.3) is 0 Å². The summed E-state index contributed by atoms with van der Waals surface area (Å²) < 4.78 is 23.5. The van der Waals surface area contributed by atoms with Gasteiger partial charge in [0.15, 0.2) is 11.5 Å². The zero-order chi connectivity index (χ0) is 13.1. The first-order chi connectivity index (χ1) is 9.31. The van der Waals surface area contributed by atoms with Crippen LogP contribution in [0.3, 0.4) is 0 Å². The van der Waals surface area contributed by atoms with Crippen molar-refractivity contribution >= 4 is 0 Å². The van der Waals surface area contributed by atoms with Crippen molar-refractivity contribution in [3.05, 3.63) is 53.6 Å². The molecule has 0 bridgehead atoms. The molecule has 0 fully saturated rings. The van der Waals surface area contributed by atoms with Gasteiger partial charge in [-0.2, -0.15) is 0 Å². The number of hydrogen-bond donors (Lipinski definition) is 1. The Morgan fingerprint density at radius 3 is 2.79 bits per heavy atom. The second-order valence-electron chi connectivity index (χ2n) is 4.30. The highest BCUT2D eigenvalue weighted by atomic mass is 19.1. The van der Waals surface area contributed by atoms with Gasteiger partial charge >= 0.3 is 0 Å². The molecular formula is C14H13FN2O2. The second-order valence-corrected chi connectivity index (χ2v) is 4.30. The molecule has 0 amide bonds. The van der Waals surface area contributed by atoms with Crippen LogP contribution in [0.15, 0.2) is 36.7 Å². The molecule has 3 rings (SSSR count). The third-order valence-electron chi connectivity index (χ3n) is 2.86. The lowest BCUT2D eigenvalue weighted by Crippen LogP contribution is -2.12. The van der Waals surface area contributed by atoms with E-state index in [4.69, 9.17) is 9.47 Å². The van der Waals surface area contributed by atoms with Crippen molar-refractivity contribution in [2.24, 2.45) is 0 Å². The average molecular weight is 260 g/mol. The Morgan fingerprint density at radius 1 is 1.05 bits per heavy atom. The SMILES string of the molecule is Fc1cncc(CNCc2ccc3c(c2)OCO3)c1. The lowest BCUT2D eigenvalue weighted by atomic mass is 10.2. The van der Waals surface area contributed by atoms with Gasteiger partial charge in [0.05, 0.1) is 6.20 Å². The summed E-state index contributed by atoms with van der Waals surface area (Å²) in [5, 5.41) is 3.23. The molecule has 1 aromatic heterocycles. The highest BCUT2D eigenvalue weighted by Gasteiger charge is 2.12. The number of ether oxygens (including phenoxy) is 2. The van der Waals surface area contributed by atoms with Crippen LogP contribution < -0.4 is 14.8 Å². The van der Waals surface area contributed by atoms with Gasteiger partial charge in [-0.15, -0.1) is 0 Å². The fourth-order valence-electron chi connectivity index (χ4n) is 1.95. The van der Waals surface area contributed by atoms with Gasteiger partial charge in [-0.05, 0) is 29.3 Å². The molecule has 0 saturated heterocycles. The number of hydrogen-bond acceptors (Lipinski definition) is 4. The fourth-order valence-corrected chi connectivity index (χ4v) is 1.95. The number of nitrogens with zero attached hydrogens (tertiary/aromatic N) is 1. The molecule has 1 N–H and O–H groups in total. The van der Waals surface area contributed by atoms with Crippen LogP contribution in [0.2, 0.25) is 0 Å². The van der Waals surface area contributed by atoms with E-state index in [9.17, 15) is 4.39 Å². The molecule has 1 aromatic carbocycles. The van der Waals surface area contributed by atoms with Crippen LogP contribution in [0.5, 0.6) is 11.5 Å². The Balaban J connectivity index is 1.58. The van der Waals surface area contributed by atoms with Crippen molar-refractivity contribution in [1.82, 2.24) is 10.3 Å². The van der Waals surface area contributed by atoms with E-state index >= 15 is 0 Å². The smallest absolute Gasteiger partial charge is 0.231 e. The van der Waals surface area contributed by atoms with E-state index in [-0.39, 0.29) is 12.6 Å². The Labute approximate surface area is 110 Å². The highest BCUT2D eigenvalue weighted by Crippen LogP contribution is 2.32.